The maximum absolute atomic E-state index is 13.5. The Morgan fingerprint density at radius 2 is 1.75 bits per heavy atom. The van der Waals surface area contributed by atoms with E-state index in [0.29, 0.717) is 16.7 Å². The first-order chi connectivity index (χ1) is 17.2. The Balaban J connectivity index is 2.32. The SMILES string of the molecule is CCN(CC)c1ccc(-n2c(=O)n(CC#N)c3c(CC(=O)N(C)C(N)=O)cc(C(=O)OC)cc32)cc1. The first kappa shape index (κ1) is 26.0. The molecular weight excluding hydrogens is 464 g/mol. The third-order valence-corrected chi connectivity index (χ3v) is 6.03. The van der Waals surface area contributed by atoms with Crippen LogP contribution in [0, 0.1) is 11.3 Å². The molecule has 0 bridgehead atoms. The molecule has 3 aromatic rings. The number of nitrogens with zero attached hydrogens (tertiary/aromatic N) is 5. The van der Waals surface area contributed by atoms with E-state index in [9.17, 15) is 24.4 Å². The van der Waals surface area contributed by atoms with E-state index >= 15 is 0 Å². The topological polar surface area (TPSA) is 144 Å². The summed E-state index contributed by atoms with van der Waals surface area (Å²) in [4.78, 5) is 53.0. The fraction of sp³-hybridized carbons (Fsp3) is 0.320. The van der Waals surface area contributed by atoms with Crippen LogP contribution in [0.1, 0.15) is 29.8 Å². The molecule has 188 valence electrons. The molecular formula is C25H28N6O5. The summed E-state index contributed by atoms with van der Waals surface area (Å²) in [5.74, 6) is -1.31. The summed E-state index contributed by atoms with van der Waals surface area (Å²) >= 11 is 0. The molecule has 36 heavy (non-hydrogen) atoms. The molecule has 0 fully saturated rings. The predicted octanol–water partition coefficient (Wildman–Crippen LogP) is 2.03. The largest absolute Gasteiger partial charge is 0.465 e. The van der Waals surface area contributed by atoms with Gasteiger partial charge in [-0.05, 0) is 55.8 Å². The monoisotopic (exact) mass is 492 g/mol. The molecule has 11 nitrogen and oxygen atoms in total. The van der Waals surface area contributed by atoms with Crippen molar-refractivity contribution in [3.8, 4) is 11.8 Å². The number of rotatable bonds is 8. The maximum atomic E-state index is 13.5. The van der Waals surface area contributed by atoms with Crippen LogP contribution in [0.25, 0.3) is 16.7 Å². The van der Waals surface area contributed by atoms with Gasteiger partial charge in [0.1, 0.15) is 6.54 Å². The average Bonchev–Trinajstić information content (AvgIpc) is 3.15. The molecule has 3 amide bonds. The smallest absolute Gasteiger partial charge is 0.337 e. The van der Waals surface area contributed by atoms with E-state index in [1.807, 2.05) is 32.0 Å². The molecule has 1 aromatic heterocycles. The van der Waals surface area contributed by atoms with Crippen molar-refractivity contribution in [1.29, 1.82) is 5.26 Å². The Morgan fingerprint density at radius 3 is 2.28 bits per heavy atom. The number of methoxy groups -OCH3 is 1. The second-order valence-corrected chi connectivity index (χ2v) is 8.01. The van der Waals surface area contributed by atoms with Crippen LogP contribution < -0.4 is 16.3 Å². The summed E-state index contributed by atoms with van der Waals surface area (Å²) in [6.07, 6.45) is -0.337. The van der Waals surface area contributed by atoms with Crippen molar-refractivity contribution in [1.82, 2.24) is 14.0 Å². The van der Waals surface area contributed by atoms with Crippen molar-refractivity contribution < 1.29 is 19.1 Å². The standard InChI is InChI=1S/C25H28N6O5/c1-5-29(6-2)18-7-9-19(10-8-18)31-20-14-17(23(33)36-4)13-16(15-21(32)28(3)24(27)34)22(20)30(12-11-26)25(31)35/h7-10,13-14H,5-6,12,15H2,1-4H3,(H2,27,34). The summed E-state index contributed by atoms with van der Waals surface area (Å²) in [7, 11) is 2.45. The van der Waals surface area contributed by atoms with Crippen LogP contribution in [0.5, 0.6) is 0 Å². The number of amides is 3. The van der Waals surface area contributed by atoms with Gasteiger partial charge in [-0.2, -0.15) is 5.26 Å². The number of carbonyl (C=O) groups is 3. The zero-order valence-corrected chi connectivity index (χ0v) is 20.6. The third-order valence-electron chi connectivity index (χ3n) is 6.03. The highest BCUT2D eigenvalue weighted by Crippen LogP contribution is 2.26. The van der Waals surface area contributed by atoms with Crippen molar-refractivity contribution in [2.75, 3.05) is 32.1 Å². The van der Waals surface area contributed by atoms with Gasteiger partial charge in [0.15, 0.2) is 0 Å². The molecule has 0 aliphatic heterocycles. The van der Waals surface area contributed by atoms with E-state index in [0.717, 1.165) is 23.7 Å². The number of primary amides is 1. The van der Waals surface area contributed by atoms with Crippen molar-refractivity contribution in [2.45, 2.75) is 26.8 Å². The number of carbonyl (C=O) groups excluding carboxylic acids is 3. The summed E-state index contributed by atoms with van der Waals surface area (Å²) < 4.78 is 7.49. The number of hydrogen-bond acceptors (Lipinski definition) is 7. The van der Waals surface area contributed by atoms with Crippen LogP contribution >= 0.6 is 0 Å². The number of urea groups is 1. The lowest BCUT2D eigenvalue weighted by Crippen LogP contribution is -2.38. The summed E-state index contributed by atoms with van der Waals surface area (Å²) in [5, 5.41) is 9.41. The van der Waals surface area contributed by atoms with Gasteiger partial charge in [0, 0.05) is 25.8 Å². The Bertz CT molecular complexity index is 1410. The van der Waals surface area contributed by atoms with Crippen molar-refractivity contribution in [3.05, 3.63) is 58.0 Å². The number of imide groups is 1. The van der Waals surface area contributed by atoms with Crippen LogP contribution in [-0.2, 0) is 22.5 Å². The van der Waals surface area contributed by atoms with Gasteiger partial charge >= 0.3 is 17.7 Å². The van der Waals surface area contributed by atoms with Gasteiger partial charge < -0.3 is 15.4 Å². The van der Waals surface area contributed by atoms with Gasteiger partial charge in [-0.1, -0.05) is 0 Å². The number of aromatic nitrogens is 2. The van der Waals surface area contributed by atoms with Crippen LogP contribution in [0.2, 0.25) is 0 Å². The van der Waals surface area contributed by atoms with E-state index < -0.39 is 23.6 Å². The van der Waals surface area contributed by atoms with Gasteiger partial charge in [0.25, 0.3) is 0 Å². The normalized spacial score (nSPS) is 10.6. The number of benzene rings is 2. The second kappa shape index (κ2) is 10.8. The van der Waals surface area contributed by atoms with Gasteiger partial charge in [-0.25, -0.2) is 14.4 Å². The van der Waals surface area contributed by atoms with Crippen LogP contribution in [0.3, 0.4) is 0 Å². The fourth-order valence-electron chi connectivity index (χ4n) is 4.12. The number of anilines is 1. The average molecular weight is 493 g/mol. The second-order valence-electron chi connectivity index (χ2n) is 8.01. The third kappa shape index (κ3) is 4.79. The first-order valence-corrected chi connectivity index (χ1v) is 11.3. The number of likely N-dealkylation sites (N-methyl/N-ethyl adjacent to an activating group) is 1. The van der Waals surface area contributed by atoms with Gasteiger partial charge in [0.2, 0.25) is 5.91 Å². The van der Waals surface area contributed by atoms with Crippen molar-refractivity contribution in [3.63, 3.8) is 0 Å². The Labute approximate surface area is 207 Å². The van der Waals surface area contributed by atoms with E-state index in [1.54, 1.807) is 12.1 Å². The van der Waals surface area contributed by atoms with Crippen LogP contribution in [-0.4, -0.2) is 59.2 Å². The molecule has 0 radical (unpaired) electrons. The van der Waals surface area contributed by atoms with E-state index in [4.69, 9.17) is 10.5 Å². The number of esters is 1. The minimum Gasteiger partial charge on any atom is -0.465 e. The number of nitriles is 1. The van der Waals surface area contributed by atoms with Gasteiger partial charge in [-0.3, -0.25) is 18.8 Å². The lowest BCUT2D eigenvalue weighted by atomic mass is 10.0. The summed E-state index contributed by atoms with van der Waals surface area (Å²) in [5.41, 5.74) is 7.21. The molecule has 11 heteroatoms. The number of ether oxygens (including phenoxy) is 1. The molecule has 1 heterocycles. The van der Waals surface area contributed by atoms with E-state index in [-0.39, 0.29) is 24.1 Å². The molecule has 0 unspecified atom stereocenters. The highest BCUT2D eigenvalue weighted by Gasteiger charge is 2.24. The minimum atomic E-state index is -0.944. The Kier molecular flexibility index (Phi) is 7.79. The zero-order chi connectivity index (χ0) is 26.6. The molecule has 0 aliphatic carbocycles. The van der Waals surface area contributed by atoms with Gasteiger partial charge in [-0.15, -0.1) is 0 Å². The Hall–Kier alpha value is -4.59. The fourth-order valence-corrected chi connectivity index (χ4v) is 4.12. The number of nitrogens with two attached hydrogens (primary N) is 1. The molecule has 2 N–H and O–H groups in total. The molecule has 0 saturated heterocycles. The highest BCUT2D eigenvalue weighted by molar-refractivity contribution is 5.99. The zero-order valence-electron chi connectivity index (χ0n) is 20.6. The van der Waals surface area contributed by atoms with Crippen molar-refractivity contribution >= 4 is 34.6 Å². The predicted molar refractivity (Wildman–Crippen MR) is 134 cm³/mol. The molecule has 0 saturated carbocycles. The molecule has 0 spiro atoms. The Morgan fingerprint density at radius 1 is 1.11 bits per heavy atom. The quantitative estimate of drug-likeness (QED) is 0.474. The first-order valence-electron chi connectivity index (χ1n) is 11.3. The van der Waals surface area contributed by atoms with Crippen LogP contribution in [0.15, 0.2) is 41.2 Å². The lowest BCUT2D eigenvalue weighted by Gasteiger charge is -2.21. The molecule has 0 atom stereocenters. The number of hydrogen-bond donors (Lipinski definition) is 1. The van der Waals surface area contributed by atoms with E-state index in [2.05, 4.69) is 4.90 Å². The number of imidazole rings is 1. The van der Waals surface area contributed by atoms with E-state index in [1.165, 1.54) is 35.4 Å². The molecule has 0 aliphatic rings. The van der Waals surface area contributed by atoms with Gasteiger partial charge in [0.05, 0.1) is 41.9 Å². The number of fused-ring (bicyclic) bond motifs is 1. The van der Waals surface area contributed by atoms with Crippen molar-refractivity contribution in [2.24, 2.45) is 5.73 Å². The summed E-state index contributed by atoms with van der Waals surface area (Å²) in [6.45, 7) is 5.44. The summed E-state index contributed by atoms with van der Waals surface area (Å²) in [6, 6.07) is 11.3. The minimum absolute atomic E-state index is 0.108. The maximum Gasteiger partial charge on any atom is 0.337 e. The lowest BCUT2D eigenvalue weighted by molar-refractivity contribution is -0.126. The van der Waals surface area contributed by atoms with Crippen LogP contribution in [0.4, 0.5) is 10.5 Å². The molecule has 3 rings (SSSR count). The molecule has 2 aromatic carbocycles. The highest BCUT2D eigenvalue weighted by atomic mass is 16.5.